The molecule has 11 heavy (non-hydrogen) atoms. The van der Waals surface area contributed by atoms with Crippen LogP contribution in [0.25, 0.3) is 0 Å². The minimum Gasteiger partial charge on any atom is -0.313 e. The second-order valence-electron chi connectivity index (χ2n) is 2.61. The van der Waals surface area contributed by atoms with Crippen molar-refractivity contribution >= 4 is 12.6 Å². The molecule has 0 saturated heterocycles. The van der Waals surface area contributed by atoms with Crippen LogP contribution < -0.4 is 5.32 Å². The van der Waals surface area contributed by atoms with Crippen LogP contribution in [0, 0.1) is 0 Å². The highest BCUT2D eigenvalue weighted by Crippen LogP contribution is 2.15. The summed E-state index contributed by atoms with van der Waals surface area (Å²) < 4.78 is 0. The van der Waals surface area contributed by atoms with Gasteiger partial charge in [0.15, 0.2) is 0 Å². The Morgan fingerprint density at radius 2 is 2.18 bits per heavy atom. The van der Waals surface area contributed by atoms with Crippen LogP contribution in [0.1, 0.15) is 18.5 Å². The van der Waals surface area contributed by atoms with Crippen LogP contribution in [-0.4, -0.2) is 7.05 Å². The van der Waals surface area contributed by atoms with Gasteiger partial charge < -0.3 is 5.32 Å². The van der Waals surface area contributed by atoms with Crippen LogP contribution in [0.3, 0.4) is 0 Å². The zero-order valence-electron chi connectivity index (χ0n) is 6.83. The van der Waals surface area contributed by atoms with Gasteiger partial charge in [0.2, 0.25) is 0 Å². The van der Waals surface area contributed by atoms with Gasteiger partial charge in [0.1, 0.15) is 0 Å². The van der Waals surface area contributed by atoms with Crippen molar-refractivity contribution in [1.29, 1.82) is 0 Å². The summed E-state index contributed by atoms with van der Waals surface area (Å²) in [5.74, 6) is 0. The number of thiol groups is 1. The van der Waals surface area contributed by atoms with Gasteiger partial charge in [-0.15, -0.1) is 12.6 Å². The number of benzene rings is 1. The molecule has 0 radical (unpaired) electrons. The lowest BCUT2D eigenvalue weighted by atomic mass is 10.1. The third-order valence-corrected chi connectivity index (χ3v) is 2.08. The molecule has 1 aromatic rings. The molecule has 60 valence electrons. The Kier molecular flexibility index (Phi) is 2.97. The van der Waals surface area contributed by atoms with Crippen molar-refractivity contribution in [1.82, 2.24) is 5.32 Å². The van der Waals surface area contributed by atoms with Gasteiger partial charge in [-0.05, 0) is 31.7 Å². The molecule has 0 aliphatic heterocycles. The van der Waals surface area contributed by atoms with E-state index < -0.39 is 0 Å². The average Bonchev–Trinajstić information content (AvgIpc) is 2.03. The Morgan fingerprint density at radius 3 is 2.73 bits per heavy atom. The predicted molar refractivity (Wildman–Crippen MR) is 51.2 cm³/mol. The zero-order valence-corrected chi connectivity index (χ0v) is 7.73. The molecule has 0 aliphatic rings. The summed E-state index contributed by atoms with van der Waals surface area (Å²) in [7, 11) is 1.95. The molecule has 0 heterocycles. The van der Waals surface area contributed by atoms with Crippen molar-refractivity contribution in [2.45, 2.75) is 17.9 Å². The molecule has 1 N–H and O–H groups in total. The molecule has 0 aromatic heterocycles. The minimum absolute atomic E-state index is 0.405. The van der Waals surface area contributed by atoms with Gasteiger partial charge in [-0.1, -0.05) is 12.1 Å². The molecular weight excluding hydrogens is 154 g/mol. The first-order chi connectivity index (χ1) is 5.24. The highest BCUT2D eigenvalue weighted by atomic mass is 32.1. The minimum atomic E-state index is 0.405. The topological polar surface area (TPSA) is 12.0 Å². The summed E-state index contributed by atoms with van der Waals surface area (Å²) in [6.07, 6.45) is 0. The second kappa shape index (κ2) is 3.79. The number of rotatable bonds is 2. The number of nitrogens with one attached hydrogen (secondary N) is 1. The van der Waals surface area contributed by atoms with Gasteiger partial charge in [-0.3, -0.25) is 0 Å². The fourth-order valence-corrected chi connectivity index (χ4v) is 1.20. The van der Waals surface area contributed by atoms with Crippen molar-refractivity contribution in [3.05, 3.63) is 29.8 Å². The zero-order chi connectivity index (χ0) is 8.27. The van der Waals surface area contributed by atoms with Gasteiger partial charge in [0, 0.05) is 10.9 Å². The Labute approximate surface area is 73.2 Å². The third-order valence-electron chi connectivity index (χ3n) is 1.80. The quantitative estimate of drug-likeness (QED) is 0.644. The van der Waals surface area contributed by atoms with Crippen LogP contribution >= 0.6 is 12.6 Å². The van der Waals surface area contributed by atoms with Gasteiger partial charge in [-0.25, -0.2) is 0 Å². The van der Waals surface area contributed by atoms with Gasteiger partial charge in [-0.2, -0.15) is 0 Å². The molecular formula is C9H13NS. The summed E-state index contributed by atoms with van der Waals surface area (Å²) in [4.78, 5) is 1.02. The smallest absolute Gasteiger partial charge is 0.0289 e. The van der Waals surface area contributed by atoms with Crippen LogP contribution in [0.15, 0.2) is 29.2 Å². The van der Waals surface area contributed by atoms with Crippen molar-refractivity contribution < 1.29 is 0 Å². The lowest BCUT2D eigenvalue weighted by Crippen LogP contribution is -2.11. The molecule has 1 rings (SSSR count). The van der Waals surface area contributed by atoms with E-state index >= 15 is 0 Å². The van der Waals surface area contributed by atoms with E-state index in [1.807, 2.05) is 19.2 Å². The molecule has 0 saturated carbocycles. The van der Waals surface area contributed by atoms with E-state index in [1.165, 1.54) is 5.56 Å². The Balaban J connectivity index is 2.86. The standard InChI is InChI=1S/C9H13NS/c1-7(10-2)8-4-3-5-9(11)6-8/h3-7,10-11H,1-2H3. The third kappa shape index (κ3) is 2.24. The summed E-state index contributed by atoms with van der Waals surface area (Å²) in [6.45, 7) is 2.13. The van der Waals surface area contributed by atoms with Gasteiger partial charge >= 0.3 is 0 Å². The summed E-state index contributed by atoms with van der Waals surface area (Å²) in [5.41, 5.74) is 1.28. The Hall–Kier alpha value is -0.470. The normalized spacial score (nSPS) is 13.0. The summed E-state index contributed by atoms with van der Waals surface area (Å²) >= 11 is 4.26. The van der Waals surface area contributed by atoms with E-state index in [2.05, 4.69) is 37.0 Å². The molecule has 1 unspecified atom stereocenters. The first kappa shape index (κ1) is 8.62. The molecule has 1 atom stereocenters. The maximum absolute atomic E-state index is 4.26. The molecule has 2 heteroatoms. The molecule has 0 fully saturated rings. The fourth-order valence-electron chi connectivity index (χ4n) is 0.961. The van der Waals surface area contributed by atoms with Crippen molar-refractivity contribution in [2.75, 3.05) is 7.05 Å². The van der Waals surface area contributed by atoms with Crippen molar-refractivity contribution in [2.24, 2.45) is 0 Å². The van der Waals surface area contributed by atoms with Crippen LogP contribution in [0.2, 0.25) is 0 Å². The largest absolute Gasteiger partial charge is 0.313 e. The maximum Gasteiger partial charge on any atom is 0.0289 e. The SMILES string of the molecule is CNC(C)c1cccc(S)c1. The molecule has 0 bridgehead atoms. The average molecular weight is 167 g/mol. The van der Waals surface area contributed by atoms with E-state index in [-0.39, 0.29) is 0 Å². The van der Waals surface area contributed by atoms with E-state index in [4.69, 9.17) is 0 Å². The second-order valence-corrected chi connectivity index (χ2v) is 3.12. The van der Waals surface area contributed by atoms with Gasteiger partial charge in [0.25, 0.3) is 0 Å². The van der Waals surface area contributed by atoms with Crippen LogP contribution in [-0.2, 0) is 0 Å². The fraction of sp³-hybridized carbons (Fsp3) is 0.333. The maximum atomic E-state index is 4.26. The highest BCUT2D eigenvalue weighted by Gasteiger charge is 2.00. The van der Waals surface area contributed by atoms with Crippen molar-refractivity contribution in [3.8, 4) is 0 Å². The van der Waals surface area contributed by atoms with Gasteiger partial charge in [0.05, 0.1) is 0 Å². The van der Waals surface area contributed by atoms with E-state index in [1.54, 1.807) is 0 Å². The number of hydrogen-bond acceptors (Lipinski definition) is 2. The first-order valence-corrected chi connectivity index (χ1v) is 4.15. The van der Waals surface area contributed by atoms with Crippen molar-refractivity contribution in [3.63, 3.8) is 0 Å². The first-order valence-electron chi connectivity index (χ1n) is 3.70. The molecule has 0 spiro atoms. The Bertz CT molecular complexity index is 235. The summed E-state index contributed by atoms with van der Waals surface area (Å²) in [5, 5.41) is 3.17. The van der Waals surface area contributed by atoms with Crippen LogP contribution in [0.5, 0.6) is 0 Å². The van der Waals surface area contributed by atoms with E-state index in [9.17, 15) is 0 Å². The molecule has 0 amide bonds. The number of hydrogen-bond donors (Lipinski definition) is 2. The monoisotopic (exact) mass is 167 g/mol. The Morgan fingerprint density at radius 1 is 1.45 bits per heavy atom. The summed E-state index contributed by atoms with van der Waals surface area (Å²) in [6, 6.07) is 8.58. The lowest BCUT2D eigenvalue weighted by Gasteiger charge is -2.10. The van der Waals surface area contributed by atoms with E-state index in [0.717, 1.165) is 4.90 Å². The van der Waals surface area contributed by atoms with Crippen LogP contribution in [0.4, 0.5) is 0 Å². The lowest BCUT2D eigenvalue weighted by molar-refractivity contribution is 0.651. The molecule has 0 aliphatic carbocycles. The van der Waals surface area contributed by atoms with E-state index in [0.29, 0.717) is 6.04 Å². The predicted octanol–water partition coefficient (Wildman–Crippen LogP) is 2.26. The highest BCUT2D eigenvalue weighted by molar-refractivity contribution is 7.80. The molecule has 1 aromatic carbocycles. The molecule has 1 nitrogen and oxygen atoms in total.